The van der Waals surface area contributed by atoms with Gasteiger partial charge in [0.15, 0.2) is 6.10 Å². The van der Waals surface area contributed by atoms with Gasteiger partial charge < -0.3 is 10.1 Å². The fourth-order valence-corrected chi connectivity index (χ4v) is 2.97. The summed E-state index contributed by atoms with van der Waals surface area (Å²) in [5.41, 5.74) is 2.25. The predicted octanol–water partition coefficient (Wildman–Crippen LogP) is 5.39. The van der Waals surface area contributed by atoms with Gasteiger partial charge in [-0.05, 0) is 54.0 Å². The SMILES string of the molecule is Cc1c(Cl)cccc1NC(=O)[C@H](C)OC(=O)/C=C/c1cccc2ccccc12. The minimum absolute atomic E-state index is 0.419. The summed E-state index contributed by atoms with van der Waals surface area (Å²) in [4.78, 5) is 24.4. The molecule has 0 bridgehead atoms. The van der Waals surface area contributed by atoms with E-state index < -0.39 is 18.0 Å². The Morgan fingerprint density at radius 1 is 1.04 bits per heavy atom. The lowest BCUT2D eigenvalue weighted by molar-refractivity contribution is -0.148. The highest BCUT2D eigenvalue weighted by Crippen LogP contribution is 2.23. The molecule has 0 saturated carbocycles. The largest absolute Gasteiger partial charge is 0.449 e. The maximum absolute atomic E-state index is 12.3. The number of esters is 1. The molecule has 4 nitrogen and oxygen atoms in total. The first-order chi connectivity index (χ1) is 13.5. The first kappa shape index (κ1) is 19.6. The van der Waals surface area contributed by atoms with Gasteiger partial charge in [-0.3, -0.25) is 4.79 Å². The first-order valence-corrected chi connectivity index (χ1v) is 9.26. The molecule has 0 radical (unpaired) electrons. The number of benzene rings is 3. The lowest BCUT2D eigenvalue weighted by Crippen LogP contribution is -2.29. The number of hydrogen-bond donors (Lipinski definition) is 1. The normalized spacial score (nSPS) is 12.1. The quantitative estimate of drug-likeness (QED) is 0.467. The summed E-state index contributed by atoms with van der Waals surface area (Å²) in [6.45, 7) is 3.33. The molecule has 3 aromatic carbocycles. The zero-order valence-electron chi connectivity index (χ0n) is 15.6. The fourth-order valence-electron chi connectivity index (χ4n) is 2.80. The highest BCUT2D eigenvalue weighted by Gasteiger charge is 2.17. The molecule has 28 heavy (non-hydrogen) atoms. The minimum Gasteiger partial charge on any atom is -0.449 e. The number of nitrogens with one attached hydrogen (secondary N) is 1. The second-order valence-corrected chi connectivity index (χ2v) is 6.79. The van der Waals surface area contributed by atoms with Crippen molar-refractivity contribution in [2.75, 3.05) is 5.32 Å². The van der Waals surface area contributed by atoms with Gasteiger partial charge in [0.1, 0.15) is 0 Å². The molecule has 5 heteroatoms. The first-order valence-electron chi connectivity index (χ1n) is 8.88. The summed E-state index contributed by atoms with van der Waals surface area (Å²) in [5.74, 6) is -1.00. The van der Waals surface area contributed by atoms with Crippen molar-refractivity contribution >= 4 is 46.0 Å². The molecule has 142 valence electrons. The third kappa shape index (κ3) is 4.59. The molecule has 0 spiro atoms. The van der Waals surface area contributed by atoms with Crippen LogP contribution >= 0.6 is 11.6 Å². The molecule has 1 N–H and O–H groups in total. The van der Waals surface area contributed by atoms with Gasteiger partial charge in [-0.1, -0.05) is 60.1 Å². The summed E-state index contributed by atoms with van der Waals surface area (Å²) in [6, 6.07) is 19.0. The van der Waals surface area contributed by atoms with Crippen LogP contribution in [0.15, 0.2) is 66.7 Å². The molecule has 1 amide bonds. The van der Waals surface area contributed by atoms with Gasteiger partial charge in [0.25, 0.3) is 5.91 Å². The number of amides is 1. The number of fused-ring (bicyclic) bond motifs is 1. The van der Waals surface area contributed by atoms with Crippen LogP contribution in [-0.2, 0) is 14.3 Å². The highest BCUT2D eigenvalue weighted by atomic mass is 35.5. The highest BCUT2D eigenvalue weighted by molar-refractivity contribution is 6.31. The van der Waals surface area contributed by atoms with Crippen molar-refractivity contribution in [2.45, 2.75) is 20.0 Å². The average Bonchev–Trinajstić information content (AvgIpc) is 2.69. The monoisotopic (exact) mass is 393 g/mol. The van der Waals surface area contributed by atoms with Gasteiger partial charge in [-0.15, -0.1) is 0 Å². The number of anilines is 1. The Bertz CT molecular complexity index is 1050. The second-order valence-electron chi connectivity index (χ2n) is 6.38. The number of carbonyl (C=O) groups is 2. The van der Waals surface area contributed by atoms with E-state index in [2.05, 4.69) is 5.32 Å². The van der Waals surface area contributed by atoms with E-state index in [9.17, 15) is 9.59 Å². The Morgan fingerprint density at radius 2 is 1.75 bits per heavy atom. The number of halogens is 1. The predicted molar refractivity (Wildman–Crippen MR) is 113 cm³/mol. The molecule has 0 saturated heterocycles. The van der Waals surface area contributed by atoms with Crippen LogP contribution in [0, 0.1) is 6.92 Å². The Morgan fingerprint density at radius 3 is 2.57 bits per heavy atom. The molecule has 0 aliphatic rings. The number of carbonyl (C=O) groups excluding carboxylic acids is 2. The standard InChI is InChI=1S/C23H20ClNO3/c1-15-20(24)11-6-12-21(15)25-23(27)16(2)28-22(26)14-13-18-9-5-8-17-7-3-4-10-19(17)18/h3-14,16H,1-2H3,(H,25,27)/b14-13+/t16-/m0/s1. The summed E-state index contributed by atoms with van der Waals surface area (Å²) in [5, 5.41) is 5.41. The van der Waals surface area contributed by atoms with E-state index in [4.69, 9.17) is 16.3 Å². The molecular formula is C23H20ClNO3. The van der Waals surface area contributed by atoms with E-state index in [1.807, 2.05) is 49.4 Å². The van der Waals surface area contributed by atoms with E-state index >= 15 is 0 Å². The van der Waals surface area contributed by atoms with Crippen molar-refractivity contribution in [1.29, 1.82) is 0 Å². The lowest BCUT2D eigenvalue weighted by atomic mass is 10.0. The number of ether oxygens (including phenoxy) is 1. The van der Waals surface area contributed by atoms with Gasteiger partial charge in [-0.2, -0.15) is 0 Å². The number of rotatable bonds is 5. The van der Waals surface area contributed by atoms with Crippen molar-refractivity contribution < 1.29 is 14.3 Å². The Kier molecular flexibility index (Phi) is 6.12. The minimum atomic E-state index is -0.942. The topological polar surface area (TPSA) is 55.4 Å². The molecule has 0 aliphatic heterocycles. The van der Waals surface area contributed by atoms with Gasteiger partial charge in [0, 0.05) is 16.8 Å². The van der Waals surface area contributed by atoms with Crippen molar-refractivity contribution in [2.24, 2.45) is 0 Å². The van der Waals surface area contributed by atoms with Gasteiger partial charge in [-0.25, -0.2) is 4.79 Å². The smallest absolute Gasteiger partial charge is 0.331 e. The molecule has 0 fully saturated rings. The maximum Gasteiger partial charge on any atom is 0.331 e. The van der Waals surface area contributed by atoms with Crippen LogP contribution < -0.4 is 5.32 Å². The van der Waals surface area contributed by atoms with Gasteiger partial charge >= 0.3 is 5.97 Å². The second kappa shape index (κ2) is 8.72. The third-order valence-electron chi connectivity index (χ3n) is 4.41. The van der Waals surface area contributed by atoms with E-state index in [-0.39, 0.29) is 0 Å². The zero-order valence-corrected chi connectivity index (χ0v) is 16.4. The van der Waals surface area contributed by atoms with Crippen molar-refractivity contribution in [3.05, 3.63) is 82.9 Å². The molecule has 1 atom stereocenters. The van der Waals surface area contributed by atoms with Gasteiger partial charge in [0.05, 0.1) is 0 Å². The van der Waals surface area contributed by atoms with Crippen molar-refractivity contribution in [3.8, 4) is 0 Å². The summed E-state index contributed by atoms with van der Waals surface area (Å²) in [6.07, 6.45) is 2.08. The maximum atomic E-state index is 12.3. The molecule has 3 aromatic rings. The Hall–Kier alpha value is -3.11. The van der Waals surface area contributed by atoms with Crippen LogP contribution in [0.2, 0.25) is 5.02 Å². The van der Waals surface area contributed by atoms with E-state index in [1.54, 1.807) is 24.3 Å². The van der Waals surface area contributed by atoms with Gasteiger partial charge in [0.2, 0.25) is 0 Å². The van der Waals surface area contributed by atoms with E-state index in [0.29, 0.717) is 10.7 Å². The summed E-state index contributed by atoms with van der Waals surface area (Å²) >= 11 is 6.06. The average molecular weight is 394 g/mol. The Balaban J connectivity index is 1.64. The van der Waals surface area contributed by atoms with Crippen LogP contribution in [0.25, 0.3) is 16.8 Å². The van der Waals surface area contributed by atoms with Crippen molar-refractivity contribution in [1.82, 2.24) is 0 Å². The molecule has 0 aliphatic carbocycles. The van der Waals surface area contributed by atoms with Crippen molar-refractivity contribution in [3.63, 3.8) is 0 Å². The Labute approximate surface area is 168 Å². The summed E-state index contributed by atoms with van der Waals surface area (Å²) in [7, 11) is 0. The fraction of sp³-hybridized carbons (Fsp3) is 0.130. The molecular weight excluding hydrogens is 374 g/mol. The number of hydrogen-bond acceptors (Lipinski definition) is 3. The van der Waals surface area contributed by atoms with Crippen LogP contribution in [0.5, 0.6) is 0 Å². The third-order valence-corrected chi connectivity index (χ3v) is 4.82. The van der Waals surface area contributed by atoms with E-state index in [0.717, 1.165) is 21.9 Å². The van der Waals surface area contributed by atoms with Crippen LogP contribution in [0.3, 0.4) is 0 Å². The molecule has 0 heterocycles. The molecule has 0 aromatic heterocycles. The lowest BCUT2D eigenvalue weighted by Gasteiger charge is -2.14. The molecule has 0 unspecified atom stereocenters. The van der Waals surface area contributed by atoms with Crippen LogP contribution in [0.1, 0.15) is 18.1 Å². The summed E-state index contributed by atoms with van der Waals surface area (Å²) < 4.78 is 5.22. The molecule has 3 rings (SSSR count). The van der Waals surface area contributed by atoms with Crippen LogP contribution in [0.4, 0.5) is 5.69 Å². The zero-order chi connectivity index (χ0) is 20.1. The van der Waals surface area contributed by atoms with Crippen LogP contribution in [-0.4, -0.2) is 18.0 Å². The van der Waals surface area contributed by atoms with E-state index in [1.165, 1.54) is 13.0 Å².